The number of carbonyl (C=O) groups excluding carboxylic acids is 1. The number of carboxylic acid groups (broad SMARTS) is 1. The lowest BCUT2D eigenvalue weighted by atomic mass is 9.99. The Morgan fingerprint density at radius 1 is 1.25 bits per heavy atom. The maximum Gasteiger partial charge on any atom is 0.305 e. The summed E-state index contributed by atoms with van der Waals surface area (Å²) in [6.07, 6.45) is -1.08. The quantitative estimate of drug-likeness (QED) is 0.600. The highest BCUT2D eigenvalue weighted by atomic mass is 16.4. The average molecular weight is 280 g/mol. The number of aliphatic hydroxyl groups excluding tert-OH is 1. The van der Waals surface area contributed by atoms with Gasteiger partial charge in [0.2, 0.25) is 5.91 Å². The highest BCUT2D eigenvalue weighted by molar-refractivity contribution is 5.88. The third-order valence-electron chi connectivity index (χ3n) is 2.81. The molecule has 4 N–H and O–H groups in total. The molecule has 6 nitrogen and oxygen atoms in total. The van der Waals surface area contributed by atoms with Gasteiger partial charge in [-0.05, 0) is 24.2 Å². The summed E-state index contributed by atoms with van der Waals surface area (Å²) in [4.78, 5) is 21.7. The van der Waals surface area contributed by atoms with Crippen molar-refractivity contribution in [3.05, 3.63) is 29.8 Å². The van der Waals surface area contributed by atoms with Crippen molar-refractivity contribution in [3.63, 3.8) is 0 Å². The molecule has 1 aromatic rings. The van der Waals surface area contributed by atoms with Crippen LogP contribution in [0.25, 0.3) is 0 Å². The first kappa shape index (κ1) is 16.1. The van der Waals surface area contributed by atoms with Crippen LogP contribution in [0, 0.1) is 0 Å². The zero-order chi connectivity index (χ0) is 15.1. The molecule has 0 spiro atoms. The number of aliphatic carboxylic acids is 1. The number of nitrogens with one attached hydrogen (secondary N) is 2. The van der Waals surface area contributed by atoms with E-state index in [2.05, 4.69) is 10.6 Å². The van der Waals surface area contributed by atoms with Gasteiger partial charge in [0.1, 0.15) is 0 Å². The Morgan fingerprint density at radius 3 is 2.30 bits per heavy atom. The van der Waals surface area contributed by atoms with Crippen LogP contribution < -0.4 is 10.6 Å². The van der Waals surface area contributed by atoms with E-state index in [0.717, 1.165) is 0 Å². The van der Waals surface area contributed by atoms with Crippen LogP contribution in [0.3, 0.4) is 0 Å². The Morgan fingerprint density at radius 2 is 1.85 bits per heavy atom. The van der Waals surface area contributed by atoms with Crippen molar-refractivity contribution < 1.29 is 19.8 Å². The first-order chi connectivity index (χ1) is 9.43. The lowest BCUT2D eigenvalue weighted by Crippen LogP contribution is -2.36. The van der Waals surface area contributed by atoms with Gasteiger partial charge in [-0.3, -0.25) is 9.59 Å². The molecule has 0 heterocycles. The Hall–Kier alpha value is -1.92. The zero-order valence-corrected chi connectivity index (χ0v) is 11.6. The Kier molecular flexibility index (Phi) is 6.14. The van der Waals surface area contributed by atoms with E-state index in [1.807, 2.05) is 6.92 Å². The molecule has 0 fully saturated rings. The molecular formula is C14H20N2O4. The number of anilines is 1. The van der Waals surface area contributed by atoms with Gasteiger partial charge in [-0.1, -0.05) is 19.1 Å². The van der Waals surface area contributed by atoms with Crippen molar-refractivity contribution in [2.24, 2.45) is 0 Å². The first-order valence-corrected chi connectivity index (χ1v) is 6.44. The molecule has 0 aliphatic heterocycles. The van der Waals surface area contributed by atoms with E-state index in [1.165, 1.54) is 6.92 Å². The van der Waals surface area contributed by atoms with Gasteiger partial charge in [-0.25, -0.2) is 0 Å². The number of hydrogen-bond acceptors (Lipinski definition) is 4. The Labute approximate surface area is 117 Å². The molecule has 1 rings (SSSR count). The van der Waals surface area contributed by atoms with E-state index in [9.17, 15) is 14.7 Å². The minimum atomic E-state index is -0.968. The summed E-state index contributed by atoms with van der Waals surface area (Å²) in [5.74, 6) is -1.14. The number of amides is 1. The van der Waals surface area contributed by atoms with Gasteiger partial charge in [0, 0.05) is 18.7 Å². The molecule has 0 radical (unpaired) electrons. The molecule has 2 atom stereocenters. The molecule has 0 aromatic heterocycles. The smallest absolute Gasteiger partial charge is 0.305 e. The predicted octanol–water partition coefficient (Wildman–Crippen LogP) is 1.13. The molecule has 110 valence electrons. The minimum absolute atomic E-state index is 0.164. The third kappa shape index (κ3) is 4.99. The van der Waals surface area contributed by atoms with Crippen molar-refractivity contribution in [1.82, 2.24) is 5.32 Å². The van der Waals surface area contributed by atoms with Crippen molar-refractivity contribution >= 4 is 17.6 Å². The highest BCUT2D eigenvalue weighted by Crippen LogP contribution is 2.21. The molecule has 1 aromatic carbocycles. The number of carbonyl (C=O) groups is 2. The Balaban J connectivity index is 2.80. The maximum absolute atomic E-state index is 10.9. The van der Waals surface area contributed by atoms with Gasteiger partial charge in [0.15, 0.2) is 0 Å². The highest BCUT2D eigenvalue weighted by Gasteiger charge is 2.22. The second kappa shape index (κ2) is 7.62. The standard InChI is InChI=1S/C14H20N2O4/c1-3-15-12(8-13(18)19)14(20)10-4-6-11(7-5-10)16-9(2)17/h4-7,12,14-15,20H,3,8H2,1-2H3,(H,16,17)(H,18,19). The summed E-state index contributed by atoms with van der Waals surface area (Å²) in [5, 5.41) is 24.7. The van der Waals surface area contributed by atoms with Crippen molar-refractivity contribution in [2.45, 2.75) is 32.4 Å². The van der Waals surface area contributed by atoms with Crippen LogP contribution in [0.4, 0.5) is 5.69 Å². The SMILES string of the molecule is CCNC(CC(=O)O)C(O)c1ccc(NC(C)=O)cc1. The van der Waals surface area contributed by atoms with Crippen LogP contribution in [-0.2, 0) is 9.59 Å². The topological polar surface area (TPSA) is 98.7 Å². The molecular weight excluding hydrogens is 260 g/mol. The first-order valence-electron chi connectivity index (χ1n) is 6.44. The van der Waals surface area contributed by atoms with E-state index in [0.29, 0.717) is 17.8 Å². The van der Waals surface area contributed by atoms with Gasteiger partial charge < -0.3 is 20.8 Å². The normalized spacial score (nSPS) is 13.6. The van der Waals surface area contributed by atoms with E-state index >= 15 is 0 Å². The Bertz CT molecular complexity index is 459. The van der Waals surface area contributed by atoms with Crippen LogP contribution >= 0.6 is 0 Å². The van der Waals surface area contributed by atoms with Gasteiger partial charge in [0.25, 0.3) is 0 Å². The number of hydrogen-bond donors (Lipinski definition) is 4. The van der Waals surface area contributed by atoms with E-state index in [4.69, 9.17) is 5.11 Å². The molecule has 0 aliphatic rings. The number of benzene rings is 1. The summed E-state index contributed by atoms with van der Waals surface area (Å²) in [6, 6.07) is 6.13. The molecule has 0 saturated carbocycles. The summed E-state index contributed by atoms with van der Waals surface area (Å²) in [7, 11) is 0. The van der Waals surface area contributed by atoms with Crippen LogP contribution in [0.15, 0.2) is 24.3 Å². The summed E-state index contributed by atoms with van der Waals surface area (Å²) >= 11 is 0. The second-order valence-electron chi connectivity index (χ2n) is 4.51. The summed E-state index contributed by atoms with van der Waals surface area (Å²) < 4.78 is 0. The van der Waals surface area contributed by atoms with E-state index in [1.54, 1.807) is 24.3 Å². The van der Waals surface area contributed by atoms with Crippen LogP contribution in [-0.4, -0.2) is 34.7 Å². The van der Waals surface area contributed by atoms with Gasteiger partial charge in [0.05, 0.1) is 12.5 Å². The number of aliphatic hydroxyl groups is 1. The van der Waals surface area contributed by atoms with Crippen LogP contribution in [0.1, 0.15) is 31.9 Å². The maximum atomic E-state index is 10.9. The van der Waals surface area contributed by atoms with Crippen molar-refractivity contribution in [2.75, 3.05) is 11.9 Å². The molecule has 0 bridgehead atoms. The van der Waals surface area contributed by atoms with Gasteiger partial charge >= 0.3 is 5.97 Å². The lowest BCUT2D eigenvalue weighted by Gasteiger charge is -2.22. The average Bonchev–Trinajstić information content (AvgIpc) is 2.37. The molecule has 0 saturated heterocycles. The summed E-state index contributed by atoms with van der Waals surface area (Å²) in [6.45, 7) is 3.83. The fourth-order valence-corrected chi connectivity index (χ4v) is 1.94. The van der Waals surface area contributed by atoms with Crippen LogP contribution in [0.5, 0.6) is 0 Å². The fraction of sp³-hybridized carbons (Fsp3) is 0.429. The van der Waals surface area contributed by atoms with Gasteiger partial charge in [-0.15, -0.1) is 0 Å². The molecule has 20 heavy (non-hydrogen) atoms. The number of carboxylic acids is 1. The molecule has 2 unspecified atom stereocenters. The van der Waals surface area contributed by atoms with Crippen molar-refractivity contribution in [3.8, 4) is 0 Å². The van der Waals surface area contributed by atoms with Crippen molar-refractivity contribution in [1.29, 1.82) is 0 Å². The molecule has 1 amide bonds. The van der Waals surface area contributed by atoms with Crippen LogP contribution in [0.2, 0.25) is 0 Å². The predicted molar refractivity (Wildman–Crippen MR) is 75.4 cm³/mol. The molecule has 6 heteroatoms. The van der Waals surface area contributed by atoms with E-state index < -0.39 is 18.1 Å². The second-order valence-corrected chi connectivity index (χ2v) is 4.51. The fourth-order valence-electron chi connectivity index (χ4n) is 1.94. The summed E-state index contributed by atoms with van der Waals surface area (Å²) in [5.41, 5.74) is 1.23. The number of likely N-dealkylation sites (N-methyl/N-ethyl adjacent to an activating group) is 1. The van der Waals surface area contributed by atoms with Gasteiger partial charge in [-0.2, -0.15) is 0 Å². The third-order valence-corrected chi connectivity index (χ3v) is 2.81. The zero-order valence-electron chi connectivity index (χ0n) is 11.6. The lowest BCUT2D eigenvalue weighted by molar-refractivity contribution is -0.138. The largest absolute Gasteiger partial charge is 0.481 e. The monoisotopic (exact) mass is 280 g/mol. The minimum Gasteiger partial charge on any atom is -0.481 e. The molecule has 0 aliphatic carbocycles. The van der Waals surface area contributed by atoms with E-state index in [-0.39, 0.29) is 12.3 Å². The number of rotatable bonds is 7.